The molecule has 0 saturated heterocycles. The van der Waals surface area contributed by atoms with Gasteiger partial charge in [-0.2, -0.15) is 0 Å². The lowest BCUT2D eigenvalue weighted by Gasteiger charge is -2.21. The maximum atomic E-state index is 5.35. The van der Waals surface area contributed by atoms with Crippen molar-refractivity contribution in [2.75, 3.05) is 0 Å². The topological polar surface area (TPSA) is 30.7 Å². The monoisotopic (exact) mass is 779 g/mol. The van der Waals surface area contributed by atoms with Crippen molar-refractivity contribution in [3.05, 3.63) is 230 Å². The van der Waals surface area contributed by atoms with Crippen LogP contribution < -0.4 is 0 Å². The van der Waals surface area contributed by atoms with Gasteiger partial charge in [-0.15, -0.1) is 0 Å². The Balaban J connectivity index is 1.23. The summed E-state index contributed by atoms with van der Waals surface area (Å²) in [6.45, 7) is 0. The molecule has 0 aliphatic heterocycles. The van der Waals surface area contributed by atoms with E-state index in [2.05, 4.69) is 229 Å². The lowest BCUT2D eigenvalue weighted by atomic mass is 9.92. The van der Waals surface area contributed by atoms with Gasteiger partial charge < -0.3 is 4.57 Å². The molecule has 288 valence electrons. The summed E-state index contributed by atoms with van der Waals surface area (Å²) in [5, 5.41) is 2.40. The Kier molecular flexibility index (Phi) is 9.33. The third-order valence-corrected chi connectivity index (χ3v) is 11.8. The second-order valence-electron chi connectivity index (χ2n) is 15.7. The number of hydrogen-bond acceptors (Lipinski definition) is 2. The highest BCUT2D eigenvalue weighted by molar-refractivity contribution is 6.13. The van der Waals surface area contributed by atoms with Crippen molar-refractivity contribution in [2.45, 2.75) is 12.8 Å². The molecule has 0 atom stereocenters. The fraction of sp³-hybridized carbons (Fsp3) is 0.0345. The maximum absolute atomic E-state index is 5.35. The molecule has 2 heterocycles. The number of nitrogens with zero attached hydrogens (tertiary/aromatic N) is 3. The summed E-state index contributed by atoms with van der Waals surface area (Å²) in [5.74, 6) is 0.694. The fourth-order valence-corrected chi connectivity index (χ4v) is 8.85. The molecule has 0 saturated carbocycles. The van der Waals surface area contributed by atoms with E-state index in [0.29, 0.717) is 5.82 Å². The third kappa shape index (κ3) is 6.86. The predicted molar refractivity (Wildman–Crippen MR) is 255 cm³/mol. The van der Waals surface area contributed by atoms with Crippen LogP contribution in [0.1, 0.15) is 18.5 Å². The zero-order valence-electron chi connectivity index (χ0n) is 33.6. The minimum absolute atomic E-state index is 0.694. The van der Waals surface area contributed by atoms with Crippen molar-refractivity contribution in [1.82, 2.24) is 14.5 Å². The molecule has 1 aliphatic carbocycles. The Morgan fingerprint density at radius 1 is 0.361 bits per heavy atom. The van der Waals surface area contributed by atoms with Crippen LogP contribution in [0.15, 0.2) is 224 Å². The summed E-state index contributed by atoms with van der Waals surface area (Å²) in [7, 11) is 0. The highest BCUT2D eigenvalue weighted by Crippen LogP contribution is 2.45. The summed E-state index contributed by atoms with van der Waals surface area (Å²) >= 11 is 0. The molecular weight excluding hydrogens is 739 g/mol. The molecule has 2 aromatic heterocycles. The van der Waals surface area contributed by atoms with Crippen LogP contribution in [0, 0.1) is 0 Å². The number of rotatable bonds is 8. The van der Waals surface area contributed by atoms with E-state index in [1.54, 1.807) is 0 Å². The lowest BCUT2D eigenvalue weighted by molar-refractivity contribution is 1.03. The van der Waals surface area contributed by atoms with Crippen molar-refractivity contribution in [1.29, 1.82) is 0 Å². The van der Waals surface area contributed by atoms with Gasteiger partial charge in [0.2, 0.25) is 0 Å². The number of hydrogen-bond donors (Lipinski definition) is 0. The van der Waals surface area contributed by atoms with E-state index < -0.39 is 0 Å². The predicted octanol–water partition coefficient (Wildman–Crippen LogP) is 15.3. The first-order valence-corrected chi connectivity index (χ1v) is 21.1. The number of allylic oxidation sites excluding steroid dienone is 4. The zero-order valence-corrected chi connectivity index (χ0v) is 33.6. The highest BCUT2D eigenvalue weighted by Gasteiger charge is 2.23. The first kappa shape index (κ1) is 36.2. The summed E-state index contributed by atoms with van der Waals surface area (Å²) in [6.07, 6.45) is 8.78. The number of aromatic nitrogens is 3. The van der Waals surface area contributed by atoms with Crippen LogP contribution in [0.3, 0.4) is 0 Å². The normalized spacial score (nSPS) is 12.5. The molecule has 0 spiro atoms. The molecule has 1 aliphatic rings. The molecule has 3 nitrogen and oxygen atoms in total. The molecule has 0 unspecified atom stereocenters. The molecule has 0 N–H and O–H groups in total. The van der Waals surface area contributed by atoms with Crippen molar-refractivity contribution in [3.8, 4) is 72.8 Å². The van der Waals surface area contributed by atoms with Gasteiger partial charge in [-0.3, -0.25) is 0 Å². The van der Waals surface area contributed by atoms with Gasteiger partial charge in [0.05, 0.1) is 28.1 Å². The molecule has 0 radical (unpaired) electrons. The van der Waals surface area contributed by atoms with Gasteiger partial charge in [-0.25, -0.2) is 9.97 Å². The maximum Gasteiger partial charge on any atom is 0.160 e. The van der Waals surface area contributed by atoms with E-state index in [9.17, 15) is 0 Å². The van der Waals surface area contributed by atoms with Crippen LogP contribution in [0.4, 0.5) is 0 Å². The van der Waals surface area contributed by atoms with Gasteiger partial charge in [-0.1, -0.05) is 182 Å². The third-order valence-electron chi connectivity index (χ3n) is 11.8. The Bertz CT molecular complexity index is 3100. The van der Waals surface area contributed by atoms with E-state index in [1.807, 2.05) is 0 Å². The standard InChI is InChI=1S/C58H41N3/c1-7-19-40(20-8-1)46-31-33-55-51(35-46)52-36-47(41-21-9-2-10-22-41)32-34-56(52)61(55)57-49(42-23-11-3-12-24-42)37-48(38-50(57)43-25-13-4-14-26-43)58-59-53(44-27-15-5-16-28-44)39-54(60-58)45-29-17-6-18-30-45/h1-5,7-17,19-39H,6,18H2. The summed E-state index contributed by atoms with van der Waals surface area (Å²) < 4.78 is 2.49. The van der Waals surface area contributed by atoms with E-state index in [1.165, 1.54) is 33.0 Å². The SMILES string of the molecule is C1=CC(c2cc(-c3ccccc3)nc(-c3cc(-c4ccccc4)c(-n4c5ccc(-c6ccccc6)cc5c5cc(-c6ccccc6)ccc54)c(-c4ccccc4)c3)n2)=CCC1. The van der Waals surface area contributed by atoms with Crippen molar-refractivity contribution < 1.29 is 0 Å². The van der Waals surface area contributed by atoms with Gasteiger partial charge in [0.15, 0.2) is 5.82 Å². The van der Waals surface area contributed by atoms with Gasteiger partial charge in [0.25, 0.3) is 0 Å². The molecule has 61 heavy (non-hydrogen) atoms. The molecule has 8 aromatic carbocycles. The summed E-state index contributed by atoms with van der Waals surface area (Å²) in [6, 6.07) is 74.0. The average molecular weight is 780 g/mol. The molecule has 0 amide bonds. The van der Waals surface area contributed by atoms with Crippen LogP contribution in [-0.2, 0) is 0 Å². The average Bonchev–Trinajstić information content (AvgIpc) is 3.67. The lowest BCUT2D eigenvalue weighted by Crippen LogP contribution is -2.03. The highest BCUT2D eigenvalue weighted by atomic mass is 15.0. The van der Waals surface area contributed by atoms with E-state index >= 15 is 0 Å². The van der Waals surface area contributed by atoms with Crippen LogP contribution >= 0.6 is 0 Å². The van der Waals surface area contributed by atoms with Crippen LogP contribution in [0.5, 0.6) is 0 Å². The van der Waals surface area contributed by atoms with Crippen molar-refractivity contribution >= 4 is 27.4 Å². The van der Waals surface area contributed by atoms with Gasteiger partial charge in [0.1, 0.15) is 0 Å². The fourth-order valence-electron chi connectivity index (χ4n) is 8.85. The molecule has 3 heteroatoms. The van der Waals surface area contributed by atoms with Gasteiger partial charge >= 0.3 is 0 Å². The van der Waals surface area contributed by atoms with E-state index in [4.69, 9.17) is 9.97 Å². The molecular formula is C58H41N3. The molecule has 10 aromatic rings. The van der Waals surface area contributed by atoms with Crippen LogP contribution in [-0.4, -0.2) is 14.5 Å². The largest absolute Gasteiger partial charge is 0.308 e. The van der Waals surface area contributed by atoms with E-state index in [-0.39, 0.29) is 0 Å². The quantitative estimate of drug-likeness (QED) is 0.154. The van der Waals surface area contributed by atoms with Crippen molar-refractivity contribution in [2.24, 2.45) is 0 Å². The summed E-state index contributed by atoms with van der Waals surface area (Å²) in [5.41, 5.74) is 17.6. The van der Waals surface area contributed by atoms with E-state index in [0.717, 1.165) is 79.9 Å². The minimum Gasteiger partial charge on any atom is -0.308 e. The number of benzene rings is 8. The minimum atomic E-state index is 0.694. The van der Waals surface area contributed by atoms with Crippen molar-refractivity contribution in [3.63, 3.8) is 0 Å². The second kappa shape index (κ2) is 15.7. The first-order chi connectivity index (χ1) is 30.2. The Morgan fingerprint density at radius 2 is 0.820 bits per heavy atom. The summed E-state index contributed by atoms with van der Waals surface area (Å²) in [4.78, 5) is 10.7. The Labute approximate surface area is 356 Å². The smallest absolute Gasteiger partial charge is 0.160 e. The van der Waals surface area contributed by atoms with Gasteiger partial charge in [-0.05, 0) is 94.3 Å². The number of fused-ring (bicyclic) bond motifs is 3. The first-order valence-electron chi connectivity index (χ1n) is 21.1. The molecule has 0 fully saturated rings. The zero-order chi connectivity index (χ0) is 40.5. The molecule has 0 bridgehead atoms. The molecule has 11 rings (SSSR count). The van der Waals surface area contributed by atoms with Crippen LogP contribution in [0.2, 0.25) is 0 Å². The Hall–Kier alpha value is -7.88. The van der Waals surface area contributed by atoms with Crippen LogP contribution in [0.25, 0.3) is 100 Å². The Morgan fingerprint density at radius 3 is 1.30 bits per heavy atom. The van der Waals surface area contributed by atoms with Gasteiger partial charge in [0, 0.05) is 33.0 Å². The second-order valence-corrected chi connectivity index (χ2v) is 15.7.